The summed E-state index contributed by atoms with van der Waals surface area (Å²) in [4.78, 5) is 4.90. The molecule has 1 saturated carbocycles. The first kappa shape index (κ1) is 13.9. The largest absolute Gasteiger partial charge is 0.370 e. The molecule has 0 amide bonds. The highest BCUT2D eigenvalue weighted by atomic mass is 15.2. The maximum Gasteiger partial charge on any atom is 0.0414 e. The molecule has 2 fully saturated rings. The highest BCUT2D eigenvalue weighted by Crippen LogP contribution is 2.22. The van der Waals surface area contributed by atoms with Crippen LogP contribution < -0.4 is 10.2 Å². The number of likely N-dealkylation sites (N-methyl/N-ethyl adjacent to an activating group) is 2. The number of anilines is 1. The van der Waals surface area contributed by atoms with Crippen molar-refractivity contribution in [2.45, 2.75) is 44.3 Å². The molecule has 1 aliphatic carbocycles. The van der Waals surface area contributed by atoms with Gasteiger partial charge in [0.1, 0.15) is 0 Å². The Kier molecular flexibility index (Phi) is 4.27. The molecule has 0 bridgehead atoms. The second kappa shape index (κ2) is 6.15. The molecule has 1 aliphatic heterocycles. The van der Waals surface area contributed by atoms with E-state index in [1.807, 2.05) is 0 Å². The Balaban J connectivity index is 1.57. The Morgan fingerprint density at radius 3 is 2.60 bits per heavy atom. The minimum absolute atomic E-state index is 0.657. The normalized spacial score (nSPS) is 23.8. The van der Waals surface area contributed by atoms with E-state index in [9.17, 15) is 0 Å². The summed E-state index contributed by atoms with van der Waals surface area (Å²) in [5.41, 5.74) is 2.75. The molecule has 1 saturated heterocycles. The van der Waals surface area contributed by atoms with Crippen LogP contribution in [0.1, 0.15) is 31.2 Å². The van der Waals surface area contributed by atoms with E-state index < -0.39 is 0 Å². The van der Waals surface area contributed by atoms with Gasteiger partial charge in [0, 0.05) is 37.9 Å². The number of benzene rings is 1. The quantitative estimate of drug-likeness (QED) is 0.889. The van der Waals surface area contributed by atoms with E-state index in [2.05, 4.69) is 53.5 Å². The number of piperidine rings is 1. The van der Waals surface area contributed by atoms with Crippen LogP contribution in [0.4, 0.5) is 5.69 Å². The van der Waals surface area contributed by atoms with Crippen LogP contribution in [0.2, 0.25) is 0 Å². The predicted octanol–water partition coefficient (Wildman–Crippen LogP) is 2.47. The lowest BCUT2D eigenvalue weighted by Crippen LogP contribution is -2.45. The van der Waals surface area contributed by atoms with Crippen molar-refractivity contribution in [2.75, 3.05) is 32.1 Å². The molecule has 3 nitrogen and oxygen atoms in total. The molecule has 1 aromatic rings. The first-order valence-corrected chi connectivity index (χ1v) is 7.96. The zero-order valence-electron chi connectivity index (χ0n) is 12.8. The van der Waals surface area contributed by atoms with Crippen molar-refractivity contribution >= 4 is 5.69 Å². The molecule has 1 atom stereocenters. The van der Waals surface area contributed by atoms with Crippen molar-refractivity contribution in [3.63, 3.8) is 0 Å². The van der Waals surface area contributed by atoms with Crippen LogP contribution in [-0.2, 0) is 6.54 Å². The van der Waals surface area contributed by atoms with Crippen LogP contribution in [0, 0.1) is 0 Å². The summed E-state index contributed by atoms with van der Waals surface area (Å²) in [6.07, 6.45) is 5.34. The van der Waals surface area contributed by atoms with Gasteiger partial charge in [0.25, 0.3) is 0 Å². The summed E-state index contributed by atoms with van der Waals surface area (Å²) in [6.45, 7) is 3.44. The molecule has 20 heavy (non-hydrogen) atoms. The standard InChI is InChI=1S/C17H27N3/c1-19-11-3-4-17(13-19)20(2)16-9-5-14(6-10-16)12-18-15-7-8-15/h5-6,9-10,15,17-18H,3-4,7-8,11-13H2,1-2H3. The monoisotopic (exact) mass is 273 g/mol. The minimum atomic E-state index is 0.657. The van der Waals surface area contributed by atoms with E-state index in [0.29, 0.717) is 6.04 Å². The Bertz CT molecular complexity index is 424. The predicted molar refractivity (Wildman–Crippen MR) is 85.2 cm³/mol. The van der Waals surface area contributed by atoms with Crippen LogP contribution in [-0.4, -0.2) is 44.2 Å². The molecule has 3 heteroatoms. The van der Waals surface area contributed by atoms with Crippen molar-refractivity contribution in [2.24, 2.45) is 0 Å². The average Bonchev–Trinajstić information content (AvgIpc) is 3.29. The van der Waals surface area contributed by atoms with Crippen molar-refractivity contribution < 1.29 is 0 Å². The molecule has 2 aliphatic rings. The van der Waals surface area contributed by atoms with E-state index in [4.69, 9.17) is 0 Å². The van der Waals surface area contributed by atoms with Crippen LogP contribution in [0.25, 0.3) is 0 Å². The second-order valence-electron chi connectivity index (χ2n) is 6.49. The minimum Gasteiger partial charge on any atom is -0.370 e. The number of hydrogen-bond donors (Lipinski definition) is 1. The average molecular weight is 273 g/mol. The molecular formula is C17H27N3. The second-order valence-corrected chi connectivity index (χ2v) is 6.49. The Morgan fingerprint density at radius 2 is 1.95 bits per heavy atom. The Hall–Kier alpha value is -1.06. The fourth-order valence-corrected chi connectivity index (χ4v) is 3.06. The van der Waals surface area contributed by atoms with Crippen molar-refractivity contribution in [3.05, 3.63) is 29.8 Å². The summed E-state index contributed by atoms with van der Waals surface area (Å²) >= 11 is 0. The molecule has 0 radical (unpaired) electrons. The third-order valence-corrected chi connectivity index (χ3v) is 4.66. The van der Waals surface area contributed by atoms with Gasteiger partial charge in [-0.15, -0.1) is 0 Å². The van der Waals surface area contributed by atoms with Gasteiger partial charge in [-0.25, -0.2) is 0 Å². The fourth-order valence-electron chi connectivity index (χ4n) is 3.06. The number of rotatable bonds is 5. The molecule has 0 spiro atoms. The van der Waals surface area contributed by atoms with Crippen LogP contribution in [0.5, 0.6) is 0 Å². The number of likely N-dealkylation sites (tertiary alicyclic amines) is 1. The van der Waals surface area contributed by atoms with Gasteiger partial charge in [-0.05, 0) is 57.0 Å². The SMILES string of the molecule is CN1CCCC(N(C)c2ccc(CNC3CC3)cc2)C1. The number of hydrogen-bond acceptors (Lipinski definition) is 3. The molecule has 110 valence electrons. The van der Waals surface area contributed by atoms with Crippen LogP contribution in [0.3, 0.4) is 0 Å². The number of nitrogens with zero attached hydrogens (tertiary/aromatic N) is 2. The van der Waals surface area contributed by atoms with Gasteiger partial charge in [-0.1, -0.05) is 12.1 Å². The van der Waals surface area contributed by atoms with Crippen molar-refractivity contribution in [3.8, 4) is 0 Å². The van der Waals surface area contributed by atoms with E-state index in [-0.39, 0.29) is 0 Å². The third-order valence-electron chi connectivity index (χ3n) is 4.66. The van der Waals surface area contributed by atoms with Gasteiger partial charge in [-0.3, -0.25) is 0 Å². The van der Waals surface area contributed by atoms with Crippen molar-refractivity contribution in [1.82, 2.24) is 10.2 Å². The van der Waals surface area contributed by atoms with E-state index >= 15 is 0 Å². The van der Waals surface area contributed by atoms with E-state index in [1.54, 1.807) is 0 Å². The summed E-state index contributed by atoms with van der Waals surface area (Å²) < 4.78 is 0. The van der Waals surface area contributed by atoms with E-state index in [1.165, 1.54) is 50.0 Å². The smallest absolute Gasteiger partial charge is 0.0414 e. The highest BCUT2D eigenvalue weighted by molar-refractivity contribution is 5.48. The van der Waals surface area contributed by atoms with Crippen LogP contribution in [0.15, 0.2) is 24.3 Å². The van der Waals surface area contributed by atoms with E-state index in [0.717, 1.165) is 12.6 Å². The lowest BCUT2D eigenvalue weighted by Gasteiger charge is -2.37. The van der Waals surface area contributed by atoms with Gasteiger partial charge in [0.05, 0.1) is 0 Å². The zero-order chi connectivity index (χ0) is 13.9. The highest BCUT2D eigenvalue weighted by Gasteiger charge is 2.22. The fraction of sp³-hybridized carbons (Fsp3) is 0.647. The maximum absolute atomic E-state index is 3.57. The summed E-state index contributed by atoms with van der Waals surface area (Å²) in [5.74, 6) is 0. The lowest BCUT2D eigenvalue weighted by atomic mass is 10.0. The molecular weight excluding hydrogens is 246 g/mol. The lowest BCUT2D eigenvalue weighted by molar-refractivity contribution is 0.248. The molecule has 3 rings (SSSR count). The van der Waals surface area contributed by atoms with Gasteiger partial charge in [-0.2, -0.15) is 0 Å². The Labute approximate surface area is 123 Å². The van der Waals surface area contributed by atoms with Gasteiger partial charge in [0.15, 0.2) is 0 Å². The van der Waals surface area contributed by atoms with Crippen LogP contribution >= 0.6 is 0 Å². The first-order chi connectivity index (χ1) is 9.72. The molecule has 1 unspecified atom stereocenters. The molecule has 0 aromatic heterocycles. The molecule has 1 heterocycles. The molecule has 1 N–H and O–H groups in total. The number of nitrogens with one attached hydrogen (secondary N) is 1. The summed E-state index contributed by atoms with van der Waals surface area (Å²) in [5, 5.41) is 3.57. The maximum atomic E-state index is 3.57. The summed E-state index contributed by atoms with van der Waals surface area (Å²) in [7, 11) is 4.47. The van der Waals surface area contributed by atoms with Crippen molar-refractivity contribution in [1.29, 1.82) is 0 Å². The third kappa shape index (κ3) is 3.53. The topological polar surface area (TPSA) is 18.5 Å². The summed E-state index contributed by atoms with van der Waals surface area (Å²) in [6, 6.07) is 10.5. The first-order valence-electron chi connectivity index (χ1n) is 7.96. The zero-order valence-corrected chi connectivity index (χ0v) is 12.8. The molecule has 1 aromatic carbocycles. The Morgan fingerprint density at radius 1 is 1.20 bits per heavy atom. The van der Waals surface area contributed by atoms with Gasteiger partial charge >= 0.3 is 0 Å². The van der Waals surface area contributed by atoms with Gasteiger partial charge in [0.2, 0.25) is 0 Å². The van der Waals surface area contributed by atoms with Gasteiger partial charge < -0.3 is 15.1 Å².